The zero-order valence-electron chi connectivity index (χ0n) is 9.70. The van der Waals surface area contributed by atoms with Gasteiger partial charge in [0.25, 0.3) is 0 Å². The minimum absolute atomic E-state index is 0.0583. The van der Waals surface area contributed by atoms with E-state index >= 15 is 0 Å². The van der Waals surface area contributed by atoms with E-state index in [2.05, 4.69) is 0 Å². The number of sulfonamides is 1. The van der Waals surface area contributed by atoms with Gasteiger partial charge in [0.05, 0.1) is 4.90 Å². The van der Waals surface area contributed by atoms with Gasteiger partial charge in [-0.05, 0) is 12.1 Å². The van der Waals surface area contributed by atoms with Crippen molar-refractivity contribution in [3.63, 3.8) is 0 Å². The molecule has 0 radical (unpaired) electrons. The van der Waals surface area contributed by atoms with E-state index in [1.807, 2.05) is 0 Å². The van der Waals surface area contributed by atoms with Crippen molar-refractivity contribution in [1.29, 1.82) is 0 Å². The van der Waals surface area contributed by atoms with Gasteiger partial charge in [-0.1, -0.05) is 0 Å². The van der Waals surface area contributed by atoms with Crippen LogP contribution in [0.3, 0.4) is 0 Å². The molecule has 1 saturated heterocycles. The van der Waals surface area contributed by atoms with Crippen molar-refractivity contribution in [2.45, 2.75) is 10.9 Å². The van der Waals surface area contributed by atoms with Crippen molar-refractivity contribution >= 4 is 10.0 Å². The topological polar surface area (TPSA) is 81.9 Å². The van der Waals surface area contributed by atoms with Crippen molar-refractivity contribution in [2.75, 3.05) is 26.3 Å². The van der Waals surface area contributed by atoms with E-state index in [-0.39, 0.29) is 10.9 Å². The Morgan fingerprint density at radius 3 is 2.50 bits per heavy atom. The molecule has 1 fully saturated rings. The average Bonchev–Trinajstić information content (AvgIpc) is 2.34. The molecule has 2 N–H and O–H groups in total. The van der Waals surface area contributed by atoms with Crippen LogP contribution in [-0.4, -0.2) is 45.1 Å². The van der Waals surface area contributed by atoms with Gasteiger partial charge < -0.3 is 15.2 Å². The molecule has 0 aromatic heterocycles. The molecule has 0 bridgehead atoms. The Bertz CT molecular complexity index is 566. The van der Waals surface area contributed by atoms with E-state index < -0.39 is 10.0 Å². The molecule has 3 rings (SSSR count). The fourth-order valence-corrected chi connectivity index (χ4v) is 3.57. The van der Waals surface area contributed by atoms with Crippen LogP contribution in [-0.2, 0) is 10.0 Å². The van der Waals surface area contributed by atoms with Crippen molar-refractivity contribution in [1.82, 2.24) is 4.31 Å². The summed E-state index contributed by atoms with van der Waals surface area (Å²) in [5, 5.41) is 0. The van der Waals surface area contributed by atoms with Crippen LogP contribution in [0.1, 0.15) is 0 Å². The summed E-state index contributed by atoms with van der Waals surface area (Å²) >= 11 is 0. The lowest BCUT2D eigenvalue weighted by Crippen LogP contribution is -2.57. The summed E-state index contributed by atoms with van der Waals surface area (Å²) < 4.78 is 36.5. The summed E-state index contributed by atoms with van der Waals surface area (Å²) in [4.78, 5) is 0.221. The highest BCUT2D eigenvalue weighted by Gasteiger charge is 2.35. The van der Waals surface area contributed by atoms with Crippen LogP contribution in [0.4, 0.5) is 0 Å². The lowest BCUT2D eigenvalue weighted by Gasteiger charge is -2.35. The van der Waals surface area contributed by atoms with Gasteiger partial charge in [-0.2, -0.15) is 4.31 Å². The van der Waals surface area contributed by atoms with Gasteiger partial charge in [0.2, 0.25) is 10.0 Å². The van der Waals surface area contributed by atoms with Crippen LogP contribution in [0.2, 0.25) is 0 Å². The highest BCUT2D eigenvalue weighted by molar-refractivity contribution is 7.89. The van der Waals surface area contributed by atoms with Crippen molar-refractivity contribution in [3.8, 4) is 11.5 Å². The zero-order valence-corrected chi connectivity index (χ0v) is 10.5. The molecule has 2 aliphatic heterocycles. The van der Waals surface area contributed by atoms with Gasteiger partial charge in [-0.25, -0.2) is 8.42 Å². The Morgan fingerprint density at radius 1 is 1.17 bits per heavy atom. The monoisotopic (exact) mass is 270 g/mol. The molecule has 98 valence electrons. The summed E-state index contributed by atoms with van der Waals surface area (Å²) in [5.41, 5.74) is 5.60. The summed E-state index contributed by atoms with van der Waals surface area (Å²) in [5.74, 6) is 1.06. The molecule has 0 aliphatic carbocycles. The average molecular weight is 270 g/mol. The maximum absolute atomic E-state index is 12.2. The largest absolute Gasteiger partial charge is 0.486 e. The van der Waals surface area contributed by atoms with Crippen molar-refractivity contribution < 1.29 is 17.9 Å². The minimum Gasteiger partial charge on any atom is -0.486 e. The number of fused-ring (bicyclic) bond motifs is 1. The maximum atomic E-state index is 12.2. The SMILES string of the molecule is NC1CN(S(=O)(=O)c2ccc3c(c2)OCCO3)C1. The molecule has 0 spiro atoms. The molecule has 0 unspecified atom stereocenters. The number of hydrogen-bond acceptors (Lipinski definition) is 5. The van der Waals surface area contributed by atoms with E-state index in [0.717, 1.165) is 0 Å². The summed E-state index contributed by atoms with van der Waals surface area (Å²) in [6.45, 7) is 1.67. The van der Waals surface area contributed by atoms with Crippen LogP contribution in [0.25, 0.3) is 0 Å². The molecule has 0 amide bonds. The maximum Gasteiger partial charge on any atom is 0.243 e. The van der Waals surface area contributed by atoms with E-state index in [4.69, 9.17) is 15.2 Å². The predicted molar refractivity (Wildman–Crippen MR) is 64.2 cm³/mol. The number of benzene rings is 1. The van der Waals surface area contributed by atoms with Gasteiger partial charge in [0.15, 0.2) is 11.5 Å². The van der Waals surface area contributed by atoms with Crippen LogP contribution in [0.15, 0.2) is 23.1 Å². The van der Waals surface area contributed by atoms with E-state index in [1.54, 1.807) is 6.07 Å². The molecule has 0 atom stereocenters. The second kappa shape index (κ2) is 4.11. The van der Waals surface area contributed by atoms with Crippen LogP contribution < -0.4 is 15.2 Å². The summed E-state index contributed by atoms with van der Waals surface area (Å²) in [7, 11) is -3.45. The Kier molecular flexibility index (Phi) is 2.69. The van der Waals surface area contributed by atoms with Gasteiger partial charge in [-0.15, -0.1) is 0 Å². The van der Waals surface area contributed by atoms with Crippen LogP contribution in [0.5, 0.6) is 11.5 Å². The third-order valence-corrected chi connectivity index (χ3v) is 4.86. The normalized spacial score (nSPS) is 20.5. The minimum atomic E-state index is -3.45. The Labute approximate surface area is 105 Å². The lowest BCUT2D eigenvalue weighted by molar-refractivity contribution is 0.171. The molecule has 18 heavy (non-hydrogen) atoms. The Morgan fingerprint density at radius 2 is 1.83 bits per heavy atom. The Balaban J connectivity index is 1.92. The highest BCUT2D eigenvalue weighted by atomic mass is 32.2. The first kappa shape index (κ1) is 11.8. The summed E-state index contributed by atoms with van der Waals surface area (Å²) in [6, 6.07) is 4.61. The molecule has 2 aliphatic rings. The van der Waals surface area contributed by atoms with Crippen LogP contribution in [0, 0.1) is 0 Å². The Hall–Kier alpha value is -1.31. The van der Waals surface area contributed by atoms with Gasteiger partial charge >= 0.3 is 0 Å². The van der Waals surface area contributed by atoms with E-state index in [1.165, 1.54) is 16.4 Å². The van der Waals surface area contributed by atoms with Gasteiger partial charge in [-0.3, -0.25) is 0 Å². The zero-order chi connectivity index (χ0) is 12.8. The molecule has 0 saturated carbocycles. The fraction of sp³-hybridized carbons (Fsp3) is 0.455. The number of nitrogens with zero attached hydrogens (tertiary/aromatic N) is 1. The third-order valence-electron chi connectivity index (χ3n) is 3.03. The number of ether oxygens (including phenoxy) is 2. The number of hydrogen-bond donors (Lipinski definition) is 1. The second-order valence-corrected chi connectivity index (χ2v) is 6.33. The van der Waals surface area contributed by atoms with Crippen LogP contribution >= 0.6 is 0 Å². The summed E-state index contributed by atoms with van der Waals surface area (Å²) in [6.07, 6.45) is 0. The van der Waals surface area contributed by atoms with Gasteiger partial charge in [0.1, 0.15) is 13.2 Å². The van der Waals surface area contributed by atoms with E-state index in [0.29, 0.717) is 37.8 Å². The molecule has 1 aromatic rings. The lowest BCUT2D eigenvalue weighted by atomic mass is 10.2. The second-order valence-electron chi connectivity index (χ2n) is 4.39. The standard InChI is InChI=1S/C11H14N2O4S/c12-8-6-13(7-8)18(14,15)9-1-2-10-11(5-9)17-4-3-16-10/h1-2,5,8H,3-4,6-7,12H2. The smallest absolute Gasteiger partial charge is 0.243 e. The first-order valence-electron chi connectivity index (χ1n) is 5.73. The molecule has 1 aromatic carbocycles. The predicted octanol–water partition coefficient (Wildman–Crippen LogP) is -0.211. The first-order chi connectivity index (χ1) is 8.57. The van der Waals surface area contributed by atoms with Crippen molar-refractivity contribution in [2.24, 2.45) is 5.73 Å². The molecular formula is C11H14N2O4S. The van der Waals surface area contributed by atoms with Crippen molar-refractivity contribution in [3.05, 3.63) is 18.2 Å². The van der Waals surface area contributed by atoms with Gasteiger partial charge in [0, 0.05) is 25.2 Å². The third kappa shape index (κ3) is 1.84. The number of rotatable bonds is 2. The number of nitrogens with two attached hydrogens (primary N) is 1. The van der Waals surface area contributed by atoms with E-state index in [9.17, 15) is 8.42 Å². The molecular weight excluding hydrogens is 256 g/mol. The molecule has 7 heteroatoms. The quantitative estimate of drug-likeness (QED) is 0.804. The molecule has 2 heterocycles. The molecule has 6 nitrogen and oxygen atoms in total. The highest BCUT2D eigenvalue weighted by Crippen LogP contribution is 2.33. The first-order valence-corrected chi connectivity index (χ1v) is 7.17. The fourth-order valence-electron chi connectivity index (χ4n) is 2.00.